The van der Waals surface area contributed by atoms with E-state index in [0.717, 1.165) is 19.3 Å². The maximum atomic E-state index is 12.4. The standard InChI is InChI=1S/C13H16N2O3/c16-10-13(3-4-13)11(17)15(12(18)14-10)9-6-7-1-2-8(9)5-7/h7-9H,1-6H2,(H,14,16,18). The highest BCUT2D eigenvalue weighted by molar-refractivity contribution is 6.21. The molecular formula is C13H16N2O3. The van der Waals surface area contributed by atoms with Gasteiger partial charge in [-0.1, -0.05) is 6.42 Å². The molecule has 2 bridgehead atoms. The topological polar surface area (TPSA) is 66.5 Å². The lowest BCUT2D eigenvalue weighted by molar-refractivity contribution is -0.146. The van der Waals surface area contributed by atoms with Crippen molar-refractivity contribution in [1.29, 1.82) is 0 Å². The number of nitrogens with one attached hydrogen (secondary N) is 1. The number of hydrogen-bond acceptors (Lipinski definition) is 3. The molecule has 0 aromatic heterocycles. The molecule has 0 aromatic carbocycles. The van der Waals surface area contributed by atoms with Gasteiger partial charge in [0.15, 0.2) is 0 Å². The zero-order valence-corrected chi connectivity index (χ0v) is 10.1. The lowest BCUT2D eigenvalue weighted by Crippen LogP contribution is -2.62. The Morgan fingerprint density at radius 3 is 2.44 bits per heavy atom. The van der Waals surface area contributed by atoms with Gasteiger partial charge in [0.1, 0.15) is 5.41 Å². The normalized spacial score (nSPS) is 40.6. The van der Waals surface area contributed by atoms with Gasteiger partial charge in [-0.2, -0.15) is 0 Å². The molecule has 5 heteroatoms. The van der Waals surface area contributed by atoms with E-state index in [1.165, 1.54) is 11.3 Å². The van der Waals surface area contributed by atoms with Crippen LogP contribution in [0.4, 0.5) is 4.79 Å². The van der Waals surface area contributed by atoms with Crippen LogP contribution in [0.1, 0.15) is 38.5 Å². The van der Waals surface area contributed by atoms with Crippen LogP contribution in [0.2, 0.25) is 0 Å². The molecule has 4 fully saturated rings. The van der Waals surface area contributed by atoms with E-state index in [-0.39, 0.29) is 17.9 Å². The van der Waals surface area contributed by atoms with Crippen molar-refractivity contribution in [2.45, 2.75) is 44.6 Å². The molecule has 18 heavy (non-hydrogen) atoms. The largest absolute Gasteiger partial charge is 0.331 e. The minimum absolute atomic E-state index is 0.0434. The smallest absolute Gasteiger partial charge is 0.277 e. The van der Waals surface area contributed by atoms with Crippen molar-refractivity contribution in [3.05, 3.63) is 0 Å². The number of hydrogen-bond donors (Lipinski definition) is 1. The van der Waals surface area contributed by atoms with Crippen LogP contribution in [0.15, 0.2) is 0 Å². The molecule has 4 rings (SSSR count). The van der Waals surface area contributed by atoms with Gasteiger partial charge in [-0.3, -0.25) is 19.8 Å². The van der Waals surface area contributed by atoms with Crippen molar-refractivity contribution in [2.75, 3.05) is 0 Å². The van der Waals surface area contributed by atoms with Crippen LogP contribution in [0.25, 0.3) is 0 Å². The molecule has 3 aliphatic carbocycles. The number of urea groups is 1. The number of fused-ring (bicyclic) bond motifs is 2. The summed E-state index contributed by atoms with van der Waals surface area (Å²) in [6, 6.07) is -0.443. The average molecular weight is 248 g/mol. The molecule has 3 atom stereocenters. The third kappa shape index (κ3) is 1.15. The Morgan fingerprint density at radius 1 is 1.11 bits per heavy atom. The lowest BCUT2D eigenvalue weighted by Gasteiger charge is -2.37. The van der Waals surface area contributed by atoms with Gasteiger partial charge >= 0.3 is 6.03 Å². The Morgan fingerprint density at radius 2 is 1.89 bits per heavy atom. The Hall–Kier alpha value is -1.39. The molecule has 1 saturated heterocycles. The van der Waals surface area contributed by atoms with Crippen molar-refractivity contribution in [3.8, 4) is 0 Å². The number of imide groups is 2. The van der Waals surface area contributed by atoms with Crippen LogP contribution in [0.5, 0.6) is 0 Å². The van der Waals surface area contributed by atoms with Gasteiger partial charge in [0.05, 0.1) is 0 Å². The van der Waals surface area contributed by atoms with Crippen molar-refractivity contribution in [1.82, 2.24) is 10.2 Å². The Balaban J connectivity index is 1.66. The van der Waals surface area contributed by atoms with Crippen LogP contribution < -0.4 is 5.32 Å². The molecular weight excluding hydrogens is 232 g/mol. The van der Waals surface area contributed by atoms with E-state index in [1.807, 2.05) is 0 Å². The van der Waals surface area contributed by atoms with Crippen molar-refractivity contribution in [3.63, 3.8) is 0 Å². The molecule has 1 aliphatic heterocycles. The Labute approximate surface area is 105 Å². The van der Waals surface area contributed by atoms with Crippen molar-refractivity contribution >= 4 is 17.8 Å². The molecule has 3 unspecified atom stereocenters. The highest BCUT2D eigenvalue weighted by Crippen LogP contribution is 2.52. The van der Waals surface area contributed by atoms with E-state index in [2.05, 4.69) is 5.32 Å². The first-order chi connectivity index (χ1) is 8.62. The molecule has 5 nitrogen and oxygen atoms in total. The zero-order valence-electron chi connectivity index (χ0n) is 10.1. The predicted molar refractivity (Wildman–Crippen MR) is 61.3 cm³/mol. The molecule has 0 radical (unpaired) electrons. The lowest BCUT2D eigenvalue weighted by atomic mass is 9.91. The second-order valence-corrected chi connectivity index (χ2v) is 6.26. The summed E-state index contributed by atoms with van der Waals surface area (Å²) in [5.41, 5.74) is -0.879. The number of rotatable bonds is 1. The van der Waals surface area contributed by atoms with Crippen LogP contribution in [-0.4, -0.2) is 28.8 Å². The fourth-order valence-corrected chi connectivity index (χ4v) is 4.09. The van der Waals surface area contributed by atoms with E-state index in [9.17, 15) is 14.4 Å². The summed E-state index contributed by atoms with van der Waals surface area (Å²) in [6.07, 6.45) is 5.63. The second kappa shape index (κ2) is 3.13. The summed E-state index contributed by atoms with van der Waals surface area (Å²) in [7, 11) is 0. The molecule has 1 heterocycles. The number of barbiturate groups is 1. The van der Waals surface area contributed by atoms with E-state index < -0.39 is 11.4 Å². The molecule has 96 valence electrons. The molecule has 4 aliphatic rings. The average Bonchev–Trinajstić information content (AvgIpc) is 2.88. The highest BCUT2D eigenvalue weighted by Gasteiger charge is 2.64. The number of carbonyl (C=O) groups is 3. The fourth-order valence-electron chi connectivity index (χ4n) is 4.09. The second-order valence-electron chi connectivity index (χ2n) is 6.26. The zero-order chi connectivity index (χ0) is 12.5. The van der Waals surface area contributed by atoms with Gasteiger partial charge in [0.2, 0.25) is 11.8 Å². The van der Waals surface area contributed by atoms with Gasteiger partial charge in [-0.25, -0.2) is 4.79 Å². The quantitative estimate of drug-likeness (QED) is 0.705. The van der Waals surface area contributed by atoms with Crippen molar-refractivity contribution in [2.24, 2.45) is 17.3 Å². The summed E-state index contributed by atoms with van der Waals surface area (Å²) < 4.78 is 0. The van der Waals surface area contributed by atoms with Gasteiger partial charge in [0.25, 0.3) is 0 Å². The Bertz CT molecular complexity index is 469. The summed E-state index contributed by atoms with van der Waals surface area (Å²) >= 11 is 0. The number of amides is 4. The first kappa shape index (κ1) is 10.5. The minimum Gasteiger partial charge on any atom is -0.277 e. The van der Waals surface area contributed by atoms with Gasteiger partial charge < -0.3 is 0 Å². The third-order valence-corrected chi connectivity index (χ3v) is 5.28. The Kier molecular flexibility index (Phi) is 1.83. The fraction of sp³-hybridized carbons (Fsp3) is 0.769. The summed E-state index contributed by atoms with van der Waals surface area (Å²) in [5.74, 6) is 0.535. The van der Waals surface area contributed by atoms with E-state index in [4.69, 9.17) is 0 Å². The molecule has 0 aromatic rings. The first-order valence-electron chi connectivity index (χ1n) is 6.81. The highest BCUT2D eigenvalue weighted by atomic mass is 16.2. The van der Waals surface area contributed by atoms with Crippen LogP contribution in [-0.2, 0) is 9.59 Å². The summed E-state index contributed by atoms with van der Waals surface area (Å²) in [5, 5.41) is 2.38. The van der Waals surface area contributed by atoms with E-state index in [0.29, 0.717) is 24.7 Å². The van der Waals surface area contributed by atoms with Gasteiger partial charge in [-0.15, -0.1) is 0 Å². The van der Waals surface area contributed by atoms with E-state index >= 15 is 0 Å². The molecule has 4 amide bonds. The summed E-state index contributed by atoms with van der Waals surface area (Å²) in [4.78, 5) is 37.5. The minimum atomic E-state index is -0.879. The third-order valence-electron chi connectivity index (χ3n) is 5.28. The molecule has 1 spiro atoms. The van der Waals surface area contributed by atoms with E-state index in [1.54, 1.807) is 0 Å². The van der Waals surface area contributed by atoms with Crippen molar-refractivity contribution < 1.29 is 14.4 Å². The van der Waals surface area contributed by atoms with Crippen LogP contribution in [0.3, 0.4) is 0 Å². The first-order valence-corrected chi connectivity index (χ1v) is 6.81. The maximum absolute atomic E-state index is 12.4. The van der Waals surface area contributed by atoms with Gasteiger partial charge in [0, 0.05) is 6.04 Å². The molecule has 3 saturated carbocycles. The predicted octanol–water partition coefficient (Wildman–Crippen LogP) is 1.03. The van der Waals surface area contributed by atoms with Crippen LogP contribution >= 0.6 is 0 Å². The monoisotopic (exact) mass is 248 g/mol. The van der Waals surface area contributed by atoms with Gasteiger partial charge in [-0.05, 0) is 43.9 Å². The maximum Gasteiger partial charge on any atom is 0.331 e. The SMILES string of the molecule is O=C1NC(=O)C2(CC2)C(=O)N1C1CC2CCC1C2. The summed E-state index contributed by atoms with van der Waals surface area (Å²) in [6.45, 7) is 0. The van der Waals surface area contributed by atoms with Crippen LogP contribution in [0, 0.1) is 17.3 Å². The number of nitrogens with zero attached hydrogens (tertiary/aromatic N) is 1. The number of carbonyl (C=O) groups excluding carboxylic acids is 3. The molecule has 1 N–H and O–H groups in total.